The zero-order chi connectivity index (χ0) is 21.3. The molecular formula is C21H19N5O4. The highest BCUT2D eigenvalue weighted by atomic mass is 16.5. The maximum atomic E-state index is 13.0. The quantitative estimate of drug-likeness (QED) is 0.474. The Morgan fingerprint density at radius 1 is 1.20 bits per heavy atom. The molecule has 2 N–H and O–H groups in total. The standard InChI is InChI=1S/C21H19N5O4/c1-22-15(20(28)30-2)10-12-5-6-17(18-13(12)4-3-8-24-18)26-19(27)14-7-9-23-11-16(14)25-21(26)29/h3-9,11,15,22H,10H2,1-2H3,(H,25,29)/t15-/m0/s1. The molecule has 0 spiro atoms. The molecule has 0 amide bonds. The van der Waals surface area contributed by atoms with Crippen LogP contribution >= 0.6 is 0 Å². The highest BCUT2D eigenvalue weighted by Gasteiger charge is 2.20. The van der Waals surface area contributed by atoms with Crippen LogP contribution in [0.5, 0.6) is 0 Å². The number of likely N-dealkylation sites (N-methyl/N-ethyl adjacent to an activating group) is 1. The lowest BCUT2D eigenvalue weighted by atomic mass is 10.00. The van der Waals surface area contributed by atoms with Crippen LogP contribution in [0.15, 0.2) is 58.5 Å². The van der Waals surface area contributed by atoms with Gasteiger partial charge in [0.25, 0.3) is 5.56 Å². The summed E-state index contributed by atoms with van der Waals surface area (Å²) in [6, 6.07) is 8.08. The average Bonchev–Trinajstić information content (AvgIpc) is 2.77. The number of aromatic nitrogens is 4. The molecule has 0 saturated carbocycles. The van der Waals surface area contributed by atoms with Gasteiger partial charge in [0.1, 0.15) is 6.04 Å². The lowest BCUT2D eigenvalue weighted by Gasteiger charge is -2.16. The summed E-state index contributed by atoms with van der Waals surface area (Å²) in [7, 11) is 3.02. The van der Waals surface area contributed by atoms with Crippen molar-refractivity contribution in [2.45, 2.75) is 12.5 Å². The van der Waals surface area contributed by atoms with E-state index in [1.165, 1.54) is 19.5 Å². The summed E-state index contributed by atoms with van der Waals surface area (Å²) in [5, 5.41) is 4.02. The molecule has 1 atom stereocenters. The Bertz CT molecular complexity index is 1380. The minimum atomic E-state index is -0.581. The summed E-state index contributed by atoms with van der Waals surface area (Å²) in [6.07, 6.45) is 4.89. The van der Waals surface area contributed by atoms with Crippen molar-refractivity contribution in [3.8, 4) is 5.69 Å². The normalized spacial score (nSPS) is 12.2. The second-order valence-corrected chi connectivity index (χ2v) is 6.70. The fourth-order valence-electron chi connectivity index (χ4n) is 3.52. The Labute approximate surface area is 170 Å². The smallest absolute Gasteiger partial charge is 0.333 e. The van der Waals surface area contributed by atoms with Crippen molar-refractivity contribution in [3.63, 3.8) is 0 Å². The number of nitrogens with one attached hydrogen (secondary N) is 2. The lowest BCUT2D eigenvalue weighted by Crippen LogP contribution is -2.37. The minimum absolute atomic E-state index is 0.346. The van der Waals surface area contributed by atoms with Gasteiger partial charge in [0.05, 0.1) is 35.4 Å². The first-order chi connectivity index (χ1) is 14.5. The first-order valence-electron chi connectivity index (χ1n) is 9.26. The second kappa shape index (κ2) is 7.88. The molecular weight excluding hydrogens is 386 g/mol. The molecule has 9 heteroatoms. The number of fused-ring (bicyclic) bond motifs is 2. The predicted octanol–water partition coefficient (Wildman–Crippen LogP) is 0.926. The summed E-state index contributed by atoms with van der Waals surface area (Å²) in [4.78, 5) is 48.8. The van der Waals surface area contributed by atoms with Crippen LogP contribution < -0.4 is 16.6 Å². The number of esters is 1. The van der Waals surface area contributed by atoms with Gasteiger partial charge < -0.3 is 15.0 Å². The molecule has 30 heavy (non-hydrogen) atoms. The van der Waals surface area contributed by atoms with E-state index in [4.69, 9.17) is 4.74 Å². The summed E-state index contributed by atoms with van der Waals surface area (Å²) >= 11 is 0. The van der Waals surface area contributed by atoms with E-state index in [0.717, 1.165) is 15.5 Å². The van der Waals surface area contributed by atoms with Gasteiger partial charge in [0.15, 0.2) is 0 Å². The number of aromatic amines is 1. The van der Waals surface area contributed by atoms with E-state index in [-0.39, 0.29) is 5.97 Å². The SMILES string of the molecule is CN[C@@H](Cc1ccc(-n2c(=O)[nH]c3cnccc3c2=O)c2ncccc12)C(=O)OC. The molecule has 3 aromatic heterocycles. The van der Waals surface area contributed by atoms with E-state index in [0.29, 0.717) is 28.5 Å². The Balaban J connectivity index is 1.93. The number of carbonyl (C=O) groups excluding carboxylic acids is 1. The van der Waals surface area contributed by atoms with Crippen LogP contribution in [-0.4, -0.2) is 45.7 Å². The average molecular weight is 405 g/mol. The Kier molecular flexibility index (Phi) is 5.11. The molecule has 9 nitrogen and oxygen atoms in total. The predicted molar refractivity (Wildman–Crippen MR) is 112 cm³/mol. The molecule has 4 rings (SSSR count). The summed E-state index contributed by atoms with van der Waals surface area (Å²) in [5.74, 6) is -0.380. The van der Waals surface area contributed by atoms with Crippen LogP contribution in [0.3, 0.4) is 0 Å². The van der Waals surface area contributed by atoms with Gasteiger partial charge in [-0.3, -0.25) is 19.6 Å². The van der Waals surface area contributed by atoms with Gasteiger partial charge in [-0.25, -0.2) is 9.36 Å². The minimum Gasteiger partial charge on any atom is -0.468 e. The number of ether oxygens (including phenoxy) is 1. The highest BCUT2D eigenvalue weighted by molar-refractivity contribution is 5.90. The Morgan fingerprint density at radius 3 is 2.80 bits per heavy atom. The van der Waals surface area contributed by atoms with E-state index < -0.39 is 17.3 Å². The third-order valence-corrected chi connectivity index (χ3v) is 5.04. The summed E-state index contributed by atoms with van der Waals surface area (Å²) in [5.41, 5.74) is 1.00. The first kappa shape index (κ1) is 19.5. The van der Waals surface area contributed by atoms with Crippen molar-refractivity contribution in [1.82, 2.24) is 24.8 Å². The number of hydrogen-bond acceptors (Lipinski definition) is 7. The number of rotatable bonds is 5. The summed E-state index contributed by atoms with van der Waals surface area (Å²) in [6.45, 7) is 0. The third kappa shape index (κ3) is 3.25. The zero-order valence-electron chi connectivity index (χ0n) is 16.4. The Morgan fingerprint density at radius 2 is 2.03 bits per heavy atom. The van der Waals surface area contributed by atoms with Crippen LogP contribution in [0.2, 0.25) is 0 Å². The van der Waals surface area contributed by atoms with Crippen molar-refractivity contribution in [1.29, 1.82) is 0 Å². The molecule has 0 fully saturated rings. The number of methoxy groups -OCH3 is 1. The number of pyridine rings is 2. The van der Waals surface area contributed by atoms with Crippen molar-refractivity contribution in [2.24, 2.45) is 0 Å². The van der Waals surface area contributed by atoms with Crippen LogP contribution in [-0.2, 0) is 16.0 Å². The molecule has 0 aliphatic heterocycles. The molecule has 0 bridgehead atoms. The monoisotopic (exact) mass is 405 g/mol. The lowest BCUT2D eigenvalue weighted by molar-refractivity contribution is -0.142. The number of hydrogen-bond donors (Lipinski definition) is 2. The molecule has 3 heterocycles. The van der Waals surface area contributed by atoms with Crippen molar-refractivity contribution in [2.75, 3.05) is 14.2 Å². The second-order valence-electron chi connectivity index (χ2n) is 6.70. The van der Waals surface area contributed by atoms with E-state index in [1.54, 1.807) is 37.5 Å². The van der Waals surface area contributed by atoms with Gasteiger partial charge >= 0.3 is 11.7 Å². The van der Waals surface area contributed by atoms with E-state index >= 15 is 0 Å². The zero-order valence-corrected chi connectivity index (χ0v) is 16.4. The molecule has 4 aromatic rings. The van der Waals surface area contributed by atoms with Gasteiger partial charge in [0, 0.05) is 17.8 Å². The fraction of sp³-hybridized carbons (Fsp3) is 0.190. The van der Waals surface area contributed by atoms with Crippen molar-refractivity contribution in [3.05, 3.63) is 75.3 Å². The molecule has 1 aromatic carbocycles. The largest absolute Gasteiger partial charge is 0.468 e. The van der Waals surface area contributed by atoms with Gasteiger partial charge in [-0.05, 0) is 37.2 Å². The third-order valence-electron chi connectivity index (χ3n) is 5.04. The van der Waals surface area contributed by atoms with Crippen LogP contribution in [0.4, 0.5) is 0 Å². The molecule has 0 aliphatic rings. The van der Waals surface area contributed by atoms with Crippen molar-refractivity contribution >= 4 is 27.8 Å². The Hall–Kier alpha value is -3.85. The maximum Gasteiger partial charge on any atom is 0.333 e. The molecule has 152 valence electrons. The van der Waals surface area contributed by atoms with Gasteiger partial charge in [-0.15, -0.1) is 0 Å². The van der Waals surface area contributed by atoms with Crippen LogP contribution in [0.25, 0.3) is 27.5 Å². The molecule has 0 radical (unpaired) electrons. The molecule has 0 aliphatic carbocycles. The maximum absolute atomic E-state index is 13.0. The van der Waals surface area contributed by atoms with Gasteiger partial charge in [-0.1, -0.05) is 12.1 Å². The highest BCUT2D eigenvalue weighted by Crippen LogP contribution is 2.24. The summed E-state index contributed by atoms with van der Waals surface area (Å²) < 4.78 is 5.91. The number of nitrogens with zero attached hydrogens (tertiary/aromatic N) is 3. The topological polar surface area (TPSA) is 119 Å². The van der Waals surface area contributed by atoms with E-state index in [9.17, 15) is 14.4 Å². The number of benzene rings is 1. The van der Waals surface area contributed by atoms with E-state index in [2.05, 4.69) is 20.3 Å². The van der Waals surface area contributed by atoms with Crippen LogP contribution in [0, 0.1) is 0 Å². The first-order valence-corrected chi connectivity index (χ1v) is 9.26. The number of carbonyl (C=O) groups is 1. The van der Waals surface area contributed by atoms with Crippen molar-refractivity contribution < 1.29 is 9.53 Å². The van der Waals surface area contributed by atoms with Gasteiger partial charge in [-0.2, -0.15) is 0 Å². The fourth-order valence-corrected chi connectivity index (χ4v) is 3.52. The number of H-pyrrole nitrogens is 1. The van der Waals surface area contributed by atoms with E-state index in [1.807, 2.05) is 6.07 Å². The van der Waals surface area contributed by atoms with Gasteiger partial charge in [0.2, 0.25) is 0 Å². The molecule has 0 unspecified atom stereocenters. The van der Waals surface area contributed by atoms with Crippen LogP contribution in [0.1, 0.15) is 5.56 Å². The molecule has 0 saturated heterocycles.